The molecule has 1 saturated heterocycles. The van der Waals surface area contributed by atoms with Gasteiger partial charge in [-0.05, 0) is 37.1 Å². The molecule has 1 aromatic carbocycles. The van der Waals surface area contributed by atoms with Crippen LogP contribution < -0.4 is 0 Å². The second-order valence-electron chi connectivity index (χ2n) is 5.65. The van der Waals surface area contributed by atoms with Crippen LogP contribution in [0.3, 0.4) is 0 Å². The maximum Gasteiger partial charge on any atom is 0.243 e. The van der Waals surface area contributed by atoms with Crippen LogP contribution in [-0.2, 0) is 10.0 Å². The first kappa shape index (κ1) is 17.3. The number of hydrogen-bond donors (Lipinski definition) is 1. The monoisotopic (exact) mass is 330 g/mol. The molecule has 0 bridgehead atoms. The van der Waals surface area contributed by atoms with E-state index in [1.54, 1.807) is 6.92 Å². The molecule has 124 valence electrons. The summed E-state index contributed by atoms with van der Waals surface area (Å²) < 4.78 is 40.1. The van der Waals surface area contributed by atoms with Crippen LogP contribution in [0.25, 0.3) is 0 Å². The van der Waals surface area contributed by atoms with Gasteiger partial charge in [-0.2, -0.15) is 4.31 Å². The molecule has 0 amide bonds. The third-order valence-corrected chi connectivity index (χ3v) is 6.00. The largest absolute Gasteiger partial charge is 0.395 e. The molecule has 1 N–H and O–H groups in total. The number of aliphatic hydroxyl groups is 1. The average molecular weight is 330 g/mol. The highest BCUT2D eigenvalue weighted by atomic mass is 32.2. The molecular formula is C15H23FN2O3S. The second kappa shape index (κ2) is 7.04. The number of rotatable bonds is 5. The van der Waals surface area contributed by atoms with Crippen molar-refractivity contribution in [2.45, 2.75) is 31.2 Å². The molecule has 1 aromatic rings. The van der Waals surface area contributed by atoms with E-state index in [1.165, 1.54) is 16.4 Å². The first-order valence-corrected chi connectivity index (χ1v) is 8.94. The normalized spacial score (nSPS) is 19.3. The van der Waals surface area contributed by atoms with Gasteiger partial charge in [0.2, 0.25) is 10.0 Å². The van der Waals surface area contributed by atoms with Gasteiger partial charge in [0.15, 0.2) is 0 Å². The van der Waals surface area contributed by atoms with E-state index in [-0.39, 0.29) is 17.5 Å². The van der Waals surface area contributed by atoms with Crippen molar-refractivity contribution in [2.75, 3.05) is 32.8 Å². The third-order valence-electron chi connectivity index (χ3n) is 4.13. The summed E-state index contributed by atoms with van der Waals surface area (Å²) in [4.78, 5) is 2.11. The zero-order valence-electron chi connectivity index (χ0n) is 13.0. The molecule has 7 heteroatoms. The van der Waals surface area contributed by atoms with Crippen LogP contribution in [0.1, 0.15) is 18.9 Å². The van der Waals surface area contributed by atoms with Crippen molar-refractivity contribution in [3.05, 3.63) is 29.6 Å². The van der Waals surface area contributed by atoms with Crippen molar-refractivity contribution >= 4 is 10.0 Å². The topological polar surface area (TPSA) is 60.9 Å². The van der Waals surface area contributed by atoms with E-state index >= 15 is 0 Å². The predicted octanol–water partition coefficient (Wildman–Crippen LogP) is 1.21. The molecule has 5 nitrogen and oxygen atoms in total. The Morgan fingerprint density at radius 2 is 1.86 bits per heavy atom. The highest BCUT2D eigenvalue weighted by Crippen LogP contribution is 2.21. The molecule has 1 atom stereocenters. The van der Waals surface area contributed by atoms with E-state index in [0.717, 1.165) is 12.5 Å². The molecule has 0 saturated carbocycles. The lowest BCUT2D eigenvalue weighted by atomic mass is 10.2. The number of hydrogen-bond acceptors (Lipinski definition) is 4. The van der Waals surface area contributed by atoms with Crippen molar-refractivity contribution < 1.29 is 17.9 Å². The summed E-state index contributed by atoms with van der Waals surface area (Å²) in [6, 6.07) is 3.94. The first-order valence-electron chi connectivity index (χ1n) is 7.50. The number of halogens is 1. The third kappa shape index (κ3) is 3.65. The first-order chi connectivity index (χ1) is 10.4. The summed E-state index contributed by atoms with van der Waals surface area (Å²) in [7, 11) is -3.67. The fourth-order valence-corrected chi connectivity index (χ4v) is 4.35. The molecule has 1 heterocycles. The Hall–Kier alpha value is -1.02. The maximum absolute atomic E-state index is 13.5. The highest BCUT2D eigenvalue weighted by Gasteiger charge is 2.30. The van der Waals surface area contributed by atoms with E-state index in [4.69, 9.17) is 0 Å². The van der Waals surface area contributed by atoms with Crippen LogP contribution in [0.5, 0.6) is 0 Å². The van der Waals surface area contributed by atoms with Gasteiger partial charge in [-0.15, -0.1) is 0 Å². The fourth-order valence-electron chi connectivity index (χ4n) is 2.81. The van der Waals surface area contributed by atoms with Gasteiger partial charge < -0.3 is 5.11 Å². The van der Waals surface area contributed by atoms with Crippen LogP contribution in [0.4, 0.5) is 4.39 Å². The molecule has 1 fully saturated rings. The summed E-state index contributed by atoms with van der Waals surface area (Å²) in [5.41, 5.74) is 0.587. The van der Waals surface area contributed by atoms with Crippen molar-refractivity contribution in [3.63, 3.8) is 0 Å². The number of aliphatic hydroxyl groups excluding tert-OH is 1. The molecule has 22 heavy (non-hydrogen) atoms. The quantitative estimate of drug-likeness (QED) is 0.882. The van der Waals surface area contributed by atoms with E-state index in [9.17, 15) is 17.9 Å². The molecule has 2 rings (SSSR count). The molecule has 0 unspecified atom stereocenters. The van der Waals surface area contributed by atoms with Gasteiger partial charge in [0.1, 0.15) is 5.82 Å². The lowest BCUT2D eigenvalue weighted by Gasteiger charge is -2.37. The second-order valence-corrected chi connectivity index (χ2v) is 7.59. The van der Waals surface area contributed by atoms with Crippen molar-refractivity contribution in [1.29, 1.82) is 0 Å². The van der Waals surface area contributed by atoms with Gasteiger partial charge in [0.25, 0.3) is 0 Å². The Morgan fingerprint density at radius 3 is 2.36 bits per heavy atom. The lowest BCUT2D eigenvalue weighted by molar-refractivity contribution is 0.0881. The predicted molar refractivity (Wildman–Crippen MR) is 82.6 cm³/mol. The number of aryl methyl sites for hydroxylation is 1. The van der Waals surface area contributed by atoms with E-state index in [2.05, 4.69) is 4.90 Å². The number of benzene rings is 1. The summed E-state index contributed by atoms with van der Waals surface area (Å²) in [6.45, 7) is 5.61. The van der Waals surface area contributed by atoms with Gasteiger partial charge in [-0.1, -0.05) is 6.92 Å². The SMILES string of the molecule is CC[C@@H](CO)N1CCN(S(=O)(=O)c2cc(C)cc(F)c2)CC1. The smallest absolute Gasteiger partial charge is 0.243 e. The summed E-state index contributed by atoms with van der Waals surface area (Å²) >= 11 is 0. The molecule has 0 radical (unpaired) electrons. The van der Waals surface area contributed by atoms with E-state index in [0.29, 0.717) is 31.7 Å². The summed E-state index contributed by atoms with van der Waals surface area (Å²) in [6.07, 6.45) is 0.826. The number of piperazine rings is 1. The van der Waals surface area contributed by atoms with Crippen LogP contribution in [0.2, 0.25) is 0 Å². The van der Waals surface area contributed by atoms with E-state index in [1.807, 2.05) is 6.92 Å². The Bertz CT molecular complexity index is 589. The molecule has 1 aliphatic rings. The Labute approximate surface area is 131 Å². The van der Waals surface area contributed by atoms with Crippen LogP contribution in [-0.4, -0.2) is 61.6 Å². The summed E-state index contributed by atoms with van der Waals surface area (Å²) in [5, 5.41) is 9.33. The van der Waals surface area contributed by atoms with Crippen LogP contribution >= 0.6 is 0 Å². The molecule has 0 spiro atoms. The van der Waals surface area contributed by atoms with Gasteiger partial charge in [-0.3, -0.25) is 4.90 Å². The Kier molecular flexibility index (Phi) is 5.55. The van der Waals surface area contributed by atoms with Gasteiger partial charge >= 0.3 is 0 Å². The zero-order valence-corrected chi connectivity index (χ0v) is 13.8. The maximum atomic E-state index is 13.5. The summed E-state index contributed by atoms with van der Waals surface area (Å²) in [5.74, 6) is -0.538. The number of nitrogens with zero attached hydrogens (tertiary/aromatic N) is 2. The van der Waals surface area contributed by atoms with Crippen molar-refractivity contribution in [3.8, 4) is 0 Å². The minimum absolute atomic E-state index is 0.00708. The highest BCUT2D eigenvalue weighted by molar-refractivity contribution is 7.89. The van der Waals surface area contributed by atoms with Crippen molar-refractivity contribution in [1.82, 2.24) is 9.21 Å². The molecule has 1 aliphatic heterocycles. The van der Waals surface area contributed by atoms with Crippen molar-refractivity contribution in [2.24, 2.45) is 0 Å². The average Bonchev–Trinajstić information content (AvgIpc) is 2.48. The van der Waals surface area contributed by atoms with Gasteiger partial charge in [0.05, 0.1) is 11.5 Å². The molecular weight excluding hydrogens is 307 g/mol. The van der Waals surface area contributed by atoms with Gasteiger partial charge in [0, 0.05) is 32.2 Å². The van der Waals surface area contributed by atoms with Crippen LogP contribution in [0.15, 0.2) is 23.1 Å². The number of sulfonamides is 1. The van der Waals surface area contributed by atoms with Gasteiger partial charge in [-0.25, -0.2) is 12.8 Å². The molecule has 0 aromatic heterocycles. The lowest BCUT2D eigenvalue weighted by Crippen LogP contribution is -2.52. The van der Waals surface area contributed by atoms with E-state index < -0.39 is 15.8 Å². The molecule has 0 aliphatic carbocycles. The fraction of sp³-hybridized carbons (Fsp3) is 0.600. The standard InChI is InChI=1S/C15H23FN2O3S/c1-3-14(11-19)17-4-6-18(7-5-17)22(20,21)15-9-12(2)8-13(16)10-15/h8-10,14,19H,3-7,11H2,1-2H3/t14-/m0/s1. The van der Waals surface area contributed by atoms with Crippen LogP contribution in [0, 0.1) is 12.7 Å². The Balaban J connectivity index is 2.12. The Morgan fingerprint density at radius 1 is 1.23 bits per heavy atom. The minimum Gasteiger partial charge on any atom is -0.395 e. The zero-order chi connectivity index (χ0) is 16.3. The minimum atomic E-state index is -3.67.